The number of anilines is 1. The van der Waals surface area contributed by atoms with Crippen LogP contribution in [0.1, 0.15) is 30.2 Å². The van der Waals surface area contributed by atoms with Crippen LogP contribution in [0.25, 0.3) is 0 Å². The van der Waals surface area contributed by atoms with Gasteiger partial charge >= 0.3 is 0 Å². The molecule has 0 bridgehead atoms. The molecule has 0 spiro atoms. The molecule has 1 heterocycles. The second-order valence-corrected chi connectivity index (χ2v) is 5.84. The molecule has 1 atom stereocenters. The van der Waals surface area contributed by atoms with E-state index >= 15 is 0 Å². The van der Waals surface area contributed by atoms with Gasteiger partial charge in [-0.05, 0) is 37.1 Å². The van der Waals surface area contributed by atoms with Gasteiger partial charge in [0.25, 0.3) is 0 Å². The molecule has 0 fully saturated rings. The first kappa shape index (κ1) is 12.1. The Hall–Kier alpha value is -0.930. The average molecular weight is 327 g/mol. The highest BCUT2D eigenvalue weighted by molar-refractivity contribution is 9.10. The Kier molecular flexibility index (Phi) is 3.35. The van der Waals surface area contributed by atoms with Crippen molar-refractivity contribution >= 4 is 33.2 Å². The van der Waals surface area contributed by atoms with E-state index in [0.29, 0.717) is 6.04 Å². The smallest absolute Gasteiger partial charge is 0.109 e. The van der Waals surface area contributed by atoms with Gasteiger partial charge in [0.2, 0.25) is 0 Å². The SMILES string of the molecule is Clc1cc(Br)ccc1NC1CCCc2occc21. The Morgan fingerprint density at radius 1 is 1.33 bits per heavy atom. The summed E-state index contributed by atoms with van der Waals surface area (Å²) in [7, 11) is 0. The van der Waals surface area contributed by atoms with Crippen molar-refractivity contribution in [3.05, 3.63) is 51.3 Å². The Labute approximate surface area is 119 Å². The lowest BCUT2D eigenvalue weighted by Gasteiger charge is -2.24. The molecule has 2 aromatic rings. The van der Waals surface area contributed by atoms with E-state index < -0.39 is 0 Å². The fraction of sp³-hybridized carbons (Fsp3) is 0.286. The molecule has 0 saturated carbocycles. The Bertz CT molecular complexity index is 567. The van der Waals surface area contributed by atoms with Gasteiger partial charge in [0.1, 0.15) is 5.76 Å². The third-order valence-corrected chi connectivity index (χ3v) is 4.12. The van der Waals surface area contributed by atoms with Crippen molar-refractivity contribution in [1.82, 2.24) is 0 Å². The molecule has 94 valence electrons. The standard InChI is InChI=1S/C14H13BrClNO/c15-9-4-5-13(11(16)8-9)17-12-2-1-3-14-10(12)6-7-18-14/h4-8,12,17H,1-3H2. The molecule has 1 N–H and O–H groups in total. The summed E-state index contributed by atoms with van der Waals surface area (Å²) in [4.78, 5) is 0. The number of hydrogen-bond acceptors (Lipinski definition) is 2. The molecule has 2 nitrogen and oxygen atoms in total. The Morgan fingerprint density at radius 3 is 3.06 bits per heavy atom. The molecule has 4 heteroatoms. The first-order chi connectivity index (χ1) is 8.74. The fourth-order valence-electron chi connectivity index (χ4n) is 2.43. The van der Waals surface area contributed by atoms with Crippen LogP contribution >= 0.6 is 27.5 Å². The normalized spacial score (nSPS) is 18.4. The predicted octanol–water partition coefficient (Wildman–Crippen LogP) is 5.19. The van der Waals surface area contributed by atoms with E-state index in [0.717, 1.165) is 40.2 Å². The second-order valence-electron chi connectivity index (χ2n) is 4.51. The topological polar surface area (TPSA) is 25.2 Å². The maximum absolute atomic E-state index is 6.23. The first-order valence-electron chi connectivity index (χ1n) is 6.02. The summed E-state index contributed by atoms with van der Waals surface area (Å²) in [6.07, 6.45) is 5.06. The molecular formula is C14H13BrClNO. The van der Waals surface area contributed by atoms with Crippen LogP contribution in [0, 0.1) is 0 Å². The van der Waals surface area contributed by atoms with Crippen LogP contribution in [0.2, 0.25) is 5.02 Å². The van der Waals surface area contributed by atoms with E-state index in [4.69, 9.17) is 16.0 Å². The number of hydrogen-bond donors (Lipinski definition) is 1. The van der Waals surface area contributed by atoms with Gasteiger partial charge in [0.05, 0.1) is 23.0 Å². The zero-order chi connectivity index (χ0) is 12.5. The number of aryl methyl sites for hydroxylation is 1. The summed E-state index contributed by atoms with van der Waals surface area (Å²) >= 11 is 9.65. The van der Waals surface area contributed by atoms with Gasteiger partial charge in [0.15, 0.2) is 0 Å². The van der Waals surface area contributed by atoms with Crippen molar-refractivity contribution in [1.29, 1.82) is 0 Å². The molecule has 1 aromatic heterocycles. The lowest BCUT2D eigenvalue weighted by atomic mass is 9.93. The van der Waals surface area contributed by atoms with E-state index in [1.54, 1.807) is 6.26 Å². The lowest BCUT2D eigenvalue weighted by Crippen LogP contribution is -2.16. The first-order valence-corrected chi connectivity index (χ1v) is 7.19. The molecular weight excluding hydrogens is 314 g/mol. The Morgan fingerprint density at radius 2 is 2.22 bits per heavy atom. The summed E-state index contributed by atoms with van der Waals surface area (Å²) in [6, 6.07) is 8.25. The summed E-state index contributed by atoms with van der Waals surface area (Å²) < 4.78 is 6.48. The van der Waals surface area contributed by atoms with E-state index in [9.17, 15) is 0 Å². The predicted molar refractivity (Wildman–Crippen MR) is 77.2 cm³/mol. The molecule has 1 aromatic carbocycles. The number of nitrogens with one attached hydrogen (secondary N) is 1. The highest BCUT2D eigenvalue weighted by Gasteiger charge is 2.22. The second kappa shape index (κ2) is 4.98. The minimum atomic E-state index is 0.297. The zero-order valence-electron chi connectivity index (χ0n) is 9.75. The van der Waals surface area contributed by atoms with Crippen LogP contribution in [0.3, 0.4) is 0 Å². The summed E-state index contributed by atoms with van der Waals surface area (Å²) in [5.74, 6) is 1.10. The molecule has 1 unspecified atom stereocenters. The van der Waals surface area contributed by atoms with E-state index in [2.05, 4.69) is 27.3 Å². The molecule has 0 aliphatic heterocycles. The van der Waals surface area contributed by atoms with Crippen molar-refractivity contribution in [3.8, 4) is 0 Å². The van der Waals surface area contributed by atoms with Gasteiger partial charge < -0.3 is 9.73 Å². The van der Waals surface area contributed by atoms with Crippen LogP contribution in [-0.2, 0) is 6.42 Å². The number of furan rings is 1. The number of halogens is 2. The zero-order valence-corrected chi connectivity index (χ0v) is 12.1. The number of rotatable bonds is 2. The van der Waals surface area contributed by atoms with Gasteiger partial charge in [-0.15, -0.1) is 0 Å². The minimum Gasteiger partial charge on any atom is -0.469 e. The van der Waals surface area contributed by atoms with Gasteiger partial charge in [-0.1, -0.05) is 27.5 Å². The minimum absolute atomic E-state index is 0.297. The van der Waals surface area contributed by atoms with Crippen LogP contribution in [0.5, 0.6) is 0 Å². The molecule has 3 rings (SSSR count). The maximum Gasteiger partial charge on any atom is 0.109 e. The van der Waals surface area contributed by atoms with Gasteiger partial charge in [-0.3, -0.25) is 0 Å². The average Bonchev–Trinajstić information content (AvgIpc) is 2.82. The van der Waals surface area contributed by atoms with Crippen molar-refractivity contribution in [2.75, 3.05) is 5.32 Å². The largest absolute Gasteiger partial charge is 0.469 e. The van der Waals surface area contributed by atoms with Gasteiger partial charge in [0, 0.05) is 16.5 Å². The highest BCUT2D eigenvalue weighted by Crippen LogP contribution is 2.35. The van der Waals surface area contributed by atoms with Crippen LogP contribution in [0.15, 0.2) is 39.4 Å². The maximum atomic E-state index is 6.23. The molecule has 0 amide bonds. The molecule has 1 aliphatic rings. The molecule has 1 aliphatic carbocycles. The van der Waals surface area contributed by atoms with Gasteiger partial charge in [-0.25, -0.2) is 0 Å². The highest BCUT2D eigenvalue weighted by atomic mass is 79.9. The van der Waals surface area contributed by atoms with Crippen molar-refractivity contribution in [2.45, 2.75) is 25.3 Å². The van der Waals surface area contributed by atoms with Crippen molar-refractivity contribution in [3.63, 3.8) is 0 Å². The van der Waals surface area contributed by atoms with E-state index in [-0.39, 0.29) is 0 Å². The third kappa shape index (κ3) is 2.29. The summed E-state index contributed by atoms with van der Waals surface area (Å²) in [6.45, 7) is 0. The Balaban J connectivity index is 1.86. The van der Waals surface area contributed by atoms with Crippen LogP contribution in [-0.4, -0.2) is 0 Å². The quantitative estimate of drug-likeness (QED) is 0.822. The summed E-state index contributed by atoms with van der Waals surface area (Å²) in [5.41, 5.74) is 2.24. The fourth-order valence-corrected chi connectivity index (χ4v) is 3.16. The number of fused-ring (bicyclic) bond motifs is 1. The summed E-state index contributed by atoms with van der Waals surface area (Å²) in [5, 5.41) is 4.24. The third-order valence-electron chi connectivity index (χ3n) is 3.31. The van der Waals surface area contributed by atoms with Gasteiger partial charge in [-0.2, -0.15) is 0 Å². The van der Waals surface area contributed by atoms with Crippen molar-refractivity contribution < 1.29 is 4.42 Å². The van der Waals surface area contributed by atoms with Crippen molar-refractivity contribution in [2.24, 2.45) is 0 Å². The van der Waals surface area contributed by atoms with Crippen LogP contribution in [0.4, 0.5) is 5.69 Å². The number of benzene rings is 1. The molecule has 0 saturated heterocycles. The van der Waals surface area contributed by atoms with E-state index in [1.165, 1.54) is 5.56 Å². The van der Waals surface area contributed by atoms with E-state index in [1.807, 2.05) is 18.2 Å². The molecule has 18 heavy (non-hydrogen) atoms. The lowest BCUT2D eigenvalue weighted by molar-refractivity contribution is 0.461. The monoisotopic (exact) mass is 325 g/mol. The molecule has 0 radical (unpaired) electrons. The van der Waals surface area contributed by atoms with Crippen LogP contribution < -0.4 is 5.32 Å².